The Balaban J connectivity index is 2.66. The minimum atomic E-state index is 0.341. The first-order valence-electron chi connectivity index (χ1n) is 6.45. The van der Waals surface area contributed by atoms with Crippen LogP contribution in [-0.2, 0) is 13.0 Å². The predicted octanol–water partition coefficient (Wildman–Crippen LogP) is 3.12. The van der Waals surface area contributed by atoms with Gasteiger partial charge in [-0.2, -0.15) is 0 Å². The van der Waals surface area contributed by atoms with E-state index in [0.29, 0.717) is 12.0 Å². The monoisotopic (exact) mass is 222 g/mol. The van der Waals surface area contributed by atoms with Crippen LogP contribution in [-0.4, -0.2) is 10.6 Å². The molecule has 92 valence electrons. The normalized spacial score (nSPS) is 13.4. The Kier molecular flexibility index (Phi) is 5.07. The van der Waals surface area contributed by atoms with Crippen molar-refractivity contribution in [3.63, 3.8) is 0 Å². The maximum Gasteiger partial charge on any atom is 0.0239 e. The summed E-state index contributed by atoms with van der Waals surface area (Å²) in [7, 11) is 0. The molecule has 0 spiro atoms. The van der Waals surface area contributed by atoms with E-state index in [2.05, 4.69) is 44.4 Å². The fourth-order valence-corrected chi connectivity index (χ4v) is 2.04. The number of aromatic nitrogens is 1. The fraction of sp³-hybridized carbons (Fsp3) is 0.714. The molecule has 2 N–H and O–H groups in total. The molecule has 0 aliphatic rings. The second-order valence-electron chi connectivity index (χ2n) is 5.17. The van der Waals surface area contributed by atoms with Gasteiger partial charge < -0.3 is 10.3 Å². The Morgan fingerprint density at radius 2 is 2.00 bits per heavy atom. The van der Waals surface area contributed by atoms with Crippen LogP contribution in [0.15, 0.2) is 12.1 Å². The SMILES string of the molecule is CCC(N)CCn1c(C)ccc1CC(C)C. The van der Waals surface area contributed by atoms with Crippen LogP contribution in [0.5, 0.6) is 0 Å². The van der Waals surface area contributed by atoms with Crippen molar-refractivity contribution in [1.29, 1.82) is 0 Å². The Morgan fingerprint density at radius 1 is 1.31 bits per heavy atom. The molecule has 0 aliphatic heterocycles. The van der Waals surface area contributed by atoms with E-state index < -0.39 is 0 Å². The summed E-state index contributed by atoms with van der Waals surface area (Å²) in [4.78, 5) is 0. The van der Waals surface area contributed by atoms with Crippen molar-refractivity contribution in [3.05, 3.63) is 23.5 Å². The van der Waals surface area contributed by atoms with Crippen LogP contribution >= 0.6 is 0 Å². The van der Waals surface area contributed by atoms with Crippen LogP contribution in [0.1, 0.15) is 45.0 Å². The molecule has 1 rings (SSSR count). The van der Waals surface area contributed by atoms with E-state index in [1.54, 1.807) is 0 Å². The first kappa shape index (κ1) is 13.3. The molecule has 2 nitrogen and oxygen atoms in total. The van der Waals surface area contributed by atoms with Crippen molar-refractivity contribution < 1.29 is 0 Å². The fourth-order valence-electron chi connectivity index (χ4n) is 2.04. The molecule has 1 atom stereocenters. The zero-order valence-electron chi connectivity index (χ0n) is 11.2. The van der Waals surface area contributed by atoms with Crippen LogP contribution in [0.3, 0.4) is 0 Å². The molecule has 1 aromatic heterocycles. The van der Waals surface area contributed by atoms with Crippen LogP contribution in [0.2, 0.25) is 0 Å². The lowest BCUT2D eigenvalue weighted by atomic mass is 10.1. The minimum absolute atomic E-state index is 0.341. The second-order valence-corrected chi connectivity index (χ2v) is 5.17. The average molecular weight is 222 g/mol. The molecule has 1 unspecified atom stereocenters. The van der Waals surface area contributed by atoms with Crippen LogP contribution < -0.4 is 5.73 Å². The molecule has 0 amide bonds. The van der Waals surface area contributed by atoms with Gasteiger partial charge in [0.1, 0.15) is 0 Å². The maximum atomic E-state index is 5.98. The second kappa shape index (κ2) is 6.09. The Morgan fingerprint density at radius 3 is 2.56 bits per heavy atom. The minimum Gasteiger partial charge on any atom is -0.349 e. The van der Waals surface area contributed by atoms with E-state index in [1.807, 2.05) is 0 Å². The number of nitrogens with two attached hydrogens (primary N) is 1. The van der Waals surface area contributed by atoms with Gasteiger partial charge in [-0.25, -0.2) is 0 Å². The van der Waals surface area contributed by atoms with E-state index in [4.69, 9.17) is 5.73 Å². The summed E-state index contributed by atoms with van der Waals surface area (Å²) in [5.74, 6) is 0.716. The standard InChI is InChI=1S/C14H26N2/c1-5-13(15)8-9-16-12(4)6-7-14(16)10-11(2)3/h6-7,11,13H,5,8-10,15H2,1-4H3. The Bertz CT molecular complexity index is 313. The highest BCUT2D eigenvalue weighted by Crippen LogP contribution is 2.14. The molecule has 1 aromatic rings. The van der Waals surface area contributed by atoms with E-state index in [9.17, 15) is 0 Å². The van der Waals surface area contributed by atoms with Gasteiger partial charge in [0.05, 0.1) is 0 Å². The summed E-state index contributed by atoms with van der Waals surface area (Å²) in [6.45, 7) is 9.94. The smallest absolute Gasteiger partial charge is 0.0239 e. The summed E-state index contributed by atoms with van der Waals surface area (Å²) in [6.07, 6.45) is 3.31. The molecule has 0 saturated heterocycles. The molecule has 0 bridgehead atoms. The molecule has 0 aliphatic carbocycles. The van der Waals surface area contributed by atoms with Gasteiger partial charge >= 0.3 is 0 Å². The van der Waals surface area contributed by atoms with Crippen molar-refractivity contribution in [3.8, 4) is 0 Å². The molecule has 1 heterocycles. The number of hydrogen-bond donors (Lipinski definition) is 1. The first-order valence-corrected chi connectivity index (χ1v) is 6.45. The van der Waals surface area contributed by atoms with Crippen molar-refractivity contribution in [2.75, 3.05) is 0 Å². The Hall–Kier alpha value is -0.760. The molecule has 0 saturated carbocycles. The number of hydrogen-bond acceptors (Lipinski definition) is 1. The van der Waals surface area contributed by atoms with Gasteiger partial charge in [0, 0.05) is 24.0 Å². The van der Waals surface area contributed by atoms with Gasteiger partial charge in [0.25, 0.3) is 0 Å². The van der Waals surface area contributed by atoms with Gasteiger partial charge in [0.2, 0.25) is 0 Å². The summed E-state index contributed by atoms with van der Waals surface area (Å²) >= 11 is 0. The first-order chi connectivity index (χ1) is 7.54. The highest BCUT2D eigenvalue weighted by atomic mass is 15.0. The van der Waals surface area contributed by atoms with Crippen molar-refractivity contribution in [2.24, 2.45) is 11.7 Å². The number of aryl methyl sites for hydroxylation is 1. The third-order valence-corrected chi connectivity index (χ3v) is 3.15. The summed E-state index contributed by atoms with van der Waals surface area (Å²) < 4.78 is 2.43. The van der Waals surface area contributed by atoms with Crippen molar-refractivity contribution in [2.45, 2.75) is 59.5 Å². The van der Waals surface area contributed by atoms with Crippen LogP contribution in [0, 0.1) is 12.8 Å². The lowest BCUT2D eigenvalue weighted by molar-refractivity contribution is 0.504. The highest BCUT2D eigenvalue weighted by molar-refractivity contribution is 5.15. The van der Waals surface area contributed by atoms with Crippen molar-refractivity contribution >= 4 is 0 Å². The lowest BCUT2D eigenvalue weighted by Gasteiger charge is -2.15. The van der Waals surface area contributed by atoms with Gasteiger partial charge in [-0.05, 0) is 44.2 Å². The molecule has 0 aromatic carbocycles. The summed E-state index contributed by atoms with van der Waals surface area (Å²) in [5, 5.41) is 0. The zero-order chi connectivity index (χ0) is 12.1. The largest absolute Gasteiger partial charge is 0.349 e. The quantitative estimate of drug-likeness (QED) is 0.787. The summed E-state index contributed by atoms with van der Waals surface area (Å²) in [6, 6.07) is 4.82. The number of rotatable bonds is 6. The number of nitrogens with zero attached hydrogens (tertiary/aromatic N) is 1. The maximum absolute atomic E-state index is 5.98. The van der Waals surface area contributed by atoms with E-state index in [-0.39, 0.29) is 0 Å². The molecular weight excluding hydrogens is 196 g/mol. The summed E-state index contributed by atoms with van der Waals surface area (Å²) in [5.41, 5.74) is 8.79. The average Bonchev–Trinajstić information content (AvgIpc) is 2.56. The molecule has 0 radical (unpaired) electrons. The van der Waals surface area contributed by atoms with Gasteiger partial charge in [-0.3, -0.25) is 0 Å². The molecule has 0 fully saturated rings. The third-order valence-electron chi connectivity index (χ3n) is 3.15. The molecular formula is C14H26N2. The molecule has 2 heteroatoms. The topological polar surface area (TPSA) is 30.9 Å². The van der Waals surface area contributed by atoms with Gasteiger partial charge in [-0.1, -0.05) is 20.8 Å². The van der Waals surface area contributed by atoms with Gasteiger partial charge in [0.15, 0.2) is 0 Å². The predicted molar refractivity (Wildman–Crippen MR) is 70.6 cm³/mol. The van der Waals surface area contributed by atoms with Crippen LogP contribution in [0.25, 0.3) is 0 Å². The third kappa shape index (κ3) is 3.67. The van der Waals surface area contributed by atoms with Crippen LogP contribution in [0.4, 0.5) is 0 Å². The lowest BCUT2D eigenvalue weighted by Crippen LogP contribution is -2.21. The Labute approximate surface area is 99.8 Å². The zero-order valence-corrected chi connectivity index (χ0v) is 11.2. The van der Waals surface area contributed by atoms with E-state index in [1.165, 1.54) is 11.4 Å². The van der Waals surface area contributed by atoms with E-state index >= 15 is 0 Å². The van der Waals surface area contributed by atoms with Gasteiger partial charge in [-0.15, -0.1) is 0 Å². The highest BCUT2D eigenvalue weighted by Gasteiger charge is 2.08. The molecule has 16 heavy (non-hydrogen) atoms. The van der Waals surface area contributed by atoms with E-state index in [0.717, 1.165) is 25.8 Å². The van der Waals surface area contributed by atoms with Crippen molar-refractivity contribution in [1.82, 2.24) is 4.57 Å².